The monoisotopic (exact) mass is 385 g/mol. The molecule has 0 radical (unpaired) electrons. The van der Waals surface area contributed by atoms with E-state index in [4.69, 9.17) is 4.98 Å². The van der Waals surface area contributed by atoms with Crippen molar-refractivity contribution in [2.45, 2.75) is 33.2 Å². The number of piperazine rings is 1. The van der Waals surface area contributed by atoms with Crippen molar-refractivity contribution in [3.63, 3.8) is 0 Å². The number of anilines is 1. The van der Waals surface area contributed by atoms with Crippen LogP contribution in [-0.2, 0) is 0 Å². The lowest BCUT2D eigenvalue weighted by molar-refractivity contribution is 0.0939. The third kappa shape index (κ3) is 4.65. The van der Waals surface area contributed by atoms with E-state index in [-0.39, 0.29) is 17.8 Å². The van der Waals surface area contributed by atoms with E-state index in [0.717, 1.165) is 44.7 Å². The maximum absolute atomic E-state index is 13.3. The third-order valence-corrected chi connectivity index (χ3v) is 5.22. The minimum absolute atomic E-state index is 0.0778. The van der Waals surface area contributed by atoms with Gasteiger partial charge in [0.05, 0.1) is 0 Å². The van der Waals surface area contributed by atoms with E-state index in [1.807, 2.05) is 13.8 Å². The fourth-order valence-electron chi connectivity index (χ4n) is 3.19. The number of rotatable bonds is 6. The molecule has 1 aliphatic heterocycles. The molecule has 1 fully saturated rings. The van der Waals surface area contributed by atoms with Crippen molar-refractivity contribution in [1.82, 2.24) is 20.2 Å². The van der Waals surface area contributed by atoms with Gasteiger partial charge in [-0.05, 0) is 44.2 Å². The molecule has 2 aromatic rings. The molecule has 3 rings (SSSR count). The maximum atomic E-state index is 13.3. The van der Waals surface area contributed by atoms with Crippen LogP contribution in [0.25, 0.3) is 11.4 Å². The molecular weight excluding hydrogens is 357 g/mol. The fourth-order valence-corrected chi connectivity index (χ4v) is 3.19. The SMILES string of the molecule is CCC(C)NC(=O)c1cnc(-c2ccc(F)cc2)nc1N1CCN(CC)CC1. The number of carbonyl (C=O) groups is 1. The summed E-state index contributed by atoms with van der Waals surface area (Å²) in [7, 11) is 0. The van der Waals surface area contributed by atoms with Crippen LogP contribution >= 0.6 is 0 Å². The Morgan fingerprint density at radius 1 is 1.18 bits per heavy atom. The van der Waals surface area contributed by atoms with Crippen LogP contribution in [-0.4, -0.2) is 59.5 Å². The van der Waals surface area contributed by atoms with Gasteiger partial charge in [-0.15, -0.1) is 0 Å². The van der Waals surface area contributed by atoms with E-state index in [0.29, 0.717) is 17.2 Å². The minimum atomic E-state index is -0.302. The van der Waals surface area contributed by atoms with Crippen LogP contribution < -0.4 is 10.2 Å². The van der Waals surface area contributed by atoms with E-state index >= 15 is 0 Å². The molecule has 1 aliphatic rings. The molecule has 1 amide bonds. The summed E-state index contributed by atoms with van der Waals surface area (Å²) in [6.45, 7) is 10.6. The van der Waals surface area contributed by atoms with Crippen molar-refractivity contribution in [3.8, 4) is 11.4 Å². The highest BCUT2D eigenvalue weighted by molar-refractivity contribution is 5.99. The van der Waals surface area contributed by atoms with Crippen LogP contribution in [0.1, 0.15) is 37.6 Å². The van der Waals surface area contributed by atoms with Crippen molar-refractivity contribution in [2.24, 2.45) is 0 Å². The highest BCUT2D eigenvalue weighted by Crippen LogP contribution is 2.24. The molecule has 0 spiro atoms. The van der Waals surface area contributed by atoms with Crippen LogP contribution in [0.4, 0.5) is 10.2 Å². The van der Waals surface area contributed by atoms with Crippen LogP contribution in [0.5, 0.6) is 0 Å². The number of nitrogens with one attached hydrogen (secondary N) is 1. The molecule has 0 bridgehead atoms. The largest absolute Gasteiger partial charge is 0.353 e. The molecule has 28 heavy (non-hydrogen) atoms. The molecule has 2 heterocycles. The number of carbonyl (C=O) groups excluding carboxylic acids is 1. The summed E-state index contributed by atoms with van der Waals surface area (Å²) < 4.78 is 13.3. The lowest BCUT2D eigenvalue weighted by atomic mass is 10.1. The zero-order chi connectivity index (χ0) is 20.1. The average Bonchev–Trinajstić information content (AvgIpc) is 2.73. The number of nitrogens with zero attached hydrogens (tertiary/aromatic N) is 4. The van der Waals surface area contributed by atoms with Crippen molar-refractivity contribution in [2.75, 3.05) is 37.6 Å². The number of halogens is 1. The molecule has 0 aliphatic carbocycles. The number of hydrogen-bond donors (Lipinski definition) is 1. The standard InChI is InChI=1S/C21H28FN5O/c1-4-15(3)24-21(28)18-14-23-19(16-6-8-17(22)9-7-16)25-20(18)27-12-10-26(5-2)11-13-27/h6-9,14-15H,4-5,10-13H2,1-3H3,(H,24,28). The number of hydrogen-bond acceptors (Lipinski definition) is 5. The van der Waals surface area contributed by atoms with Gasteiger partial charge in [0.1, 0.15) is 17.2 Å². The van der Waals surface area contributed by atoms with Crippen molar-refractivity contribution < 1.29 is 9.18 Å². The summed E-state index contributed by atoms with van der Waals surface area (Å²) in [5, 5.41) is 3.01. The van der Waals surface area contributed by atoms with Gasteiger partial charge in [0, 0.05) is 44.0 Å². The Labute approximate surface area is 165 Å². The number of likely N-dealkylation sites (N-methyl/N-ethyl adjacent to an activating group) is 1. The lowest BCUT2D eigenvalue weighted by Crippen LogP contribution is -2.47. The molecule has 1 aromatic heterocycles. The smallest absolute Gasteiger partial charge is 0.256 e. The molecule has 1 unspecified atom stereocenters. The van der Waals surface area contributed by atoms with Gasteiger partial charge in [-0.3, -0.25) is 4.79 Å². The van der Waals surface area contributed by atoms with Gasteiger partial charge in [0.15, 0.2) is 5.82 Å². The first kappa shape index (κ1) is 20.2. The Hall–Kier alpha value is -2.54. The normalized spacial score (nSPS) is 16.1. The van der Waals surface area contributed by atoms with Gasteiger partial charge in [0.2, 0.25) is 0 Å². The van der Waals surface area contributed by atoms with Gasteiger partial charge in [-0.25, -0.2) is 14.4 Å². The van der Waals surface area contributed by atoms with Gasteiger partial charge in [-0.2, -0.15) is 0 Å². The van der Waals surface area contributed by atoms with E-state index in [9.17, 15) is 9.18 Å². The second kappa shape index (κ2) is 9.10. The highest BCUT2D eigenvalue weighted by atomic mass is 19.1. The van der Waals surface area contributed by atoms with E-state index in [1.54, 1.807) is 18.3 Å². The predicted octanol–water partition coefficient (Wildman–Crippen LogP) is 2.95. The minimum Gasteiger partial charge on any atom is -0.353 e. The summed E-state index contributed by atoms with van der Waals surface area (Å²) in [5.41, 5.74) is 1.21. The third-order valence-electron chi connectivity index (χ3n) is 5.22. The first-order chi connectivity index (χ1) is 13.5. The number of aromatic nitrogens is 2. The first-order valence-corrected chi connectivity index (χ1v) is 9.93. The summed E-state index contributed by atoms with van der Waals surface area (Å²) in [5.74, 6) is 0.677. The zero-order valence-corrected chi connectivity index (χ0v) is 16.8. The Morgan fingerprint density at radius 2 is 1.86 bits per heavy atom. The molecule has 1 saturated heterocycles. The molecular formula is C21H28FN5O. The van der Waals surface area contributed by atoms with Gasteiger partial charge >= 0.3 is 0 Å². The van der Waals surface area contributed by atoms with Crippen LogP contribution in [0.2, 0.25) is 0 Å². The van der Waals surface area contributed by atoms with Crippen LogP contribution in [0, 0.1) is 5.82 Å². The second-order valence-corrected chi connectivity index (χ2v) is 7.14. The van der Waals surface area contributed by atoms with Crippen LogP contribution in [0.3, 0.4) is 0 Å². The Bertz CT molecular complexity index is 803. The molecule has 150 valence electrons. The van der Waals surface area contributed by atoms with E-state index < -0.39 is 0 Å². The van der Waals surface area contributed by atoms with Gasteiger partial charge in [0.25, 0.3) is 5.91 Å². The van der Waals surface area contributed by atoms with Gasteiger partial charge < -0.3 is 15.1 Å². The molecule has 7 heteroatoms. The van der Waals surface area contributed by atoms with E-state index in [2.05, 4.69) is 27.0 Å². The fraction of sp³-hybridized carbons (Fsp3) is 0.476. The summed E-state index contributed by atoms with van der Waals surface area (Å²) in [6, 6.07) is 6.17. The summed E-state index contributed by atoms with van der Waals surface area (Å²) in [6.07, 6.45) is 2.44. The quantitative estimate of drug-likeness (QED) is 0.828. The molecule has 0 saturated carbocycles. The Morgan fingerprint density at radius 3 is 2.46 bits per heavy atom. The Kier molecular flexibility index (Phi) is 6.57. The van der Waals surface area contributed by atoms with Crippen LogP contribution in [0.15, 0.2) is 30.5 Å². The zero-order valence-electron chi connectivity index (χ0n) is 16.8. The lowest BCUT2D eigenvalue weighted by Gasteiger charge is -2.35. The molecule has 1 N–H and O–H groups in total. The average molecular weight is 385 g/mol. The molecule has 6 nitrogen and oxygen atoms in total. The maximum Gasteiger partial charge on any atom is 0.256 e. The molecule has 1 atom stereocenters. The van der Waals surface area contributed by atoms with E-state index in [1.165, 1.54) is 12.1 Å². The highest BCUT2D eigenvalue weighted by Gasteiger charge is 2.24. The topological polar surface area (TPSA) is 61.4 Å². The second-order valence-electron chi connectivity index (χ2n) is 7.14. The number of amides is 1. The number of benzene rings is 1. The van der Waals surface area contributed by atoms with Gasteiger partial charge in [-0.1, -0.05) is 13.8 Å². The molecule has 1 aromatic carbocycles. The summed E-state index contributed by atoms with van der Waals surface area (Å²) in [4.78, 5) is 26.4. The van der Waals surface area contributed by atoms with Crippen molar-refractivity contribution in [1.29, 1.82) is 0 Å². The van der Waals surface area contributed by atoms with Crippen molar-refractivity contribution in [3.05, 3.63) is 41.8 Å². The summed E-state index contributed by atoms with van der Waals surface area (Å²) >= 11 is 0. The first-order valence-electron chi connectivity index (χ1n) is 9.93. The Balaban J connectivity index is 1.94. The van der Waals surface area contributed by atoms with Crippen molar-refractivity contribution >= 4 is 11.7 Å². The predicted molar refractivity (Wildman–Crippen MR) is 109 cm³/mol.